The van der Waals surface area contributed by atoms with Gasteiger partial charge >= 0.3 is 5.97 Å². The van der Waals surface area contributed by atoms with Crippen LogP contribution in [0.2, 0.25) is 0 Å². The highest BCUT2D eigenvalue weighted by Crippen LogP contribution is 2.12. The summed E-state index contributed by atoms with van der Waals surface area (Å²) < 4.78 is 15.0. The molecule has 1 aromatic carbocycles. The van der Waals surface area contributed by atoms with Crippen molar-refractivity contribution < 1.29 is 14.3 Å². The smallest absolute Gasteiger partial charge is 0.328 e. The van der Waals surface area contributed by atoms with Crippen LogP contribution in [0, 0.1) is 12.7 Å². The number of pyridine rings is 1. The van der Waals surface area contributed by atoms with Gasteiger partial charge in [-0.2, -0.15) is 0 Å². The van der Waals surface area contributed by atoms with Crippen LogP contribution in [0.5, 0.6) is 0 Å². The zero-order valence-corrected chi connectivity index (χ0v) is 11.4. The van der Waals surface area contributed by atoms with Gasteiger partial charge in [-0.05, 0) is 48.4 Å². The Labute approximate surface area is 120 Å². The van der Waals surface area contributed by atoms with Gasteiger partial charge in [0.1, 0.15) is 5.82 Å². The second kappa shape index (κ2) is 6.17. The summed E-state index contributed by atoms with van der Waals surface area (Å²) in [5, 5.41) is 8.59. The molecular weight excluding hydrogens is 273 g/mol. The molecule has 0 atom stereocenters. The lowest BCUT2D eigenvalue weighted by atomic mass is 10.1. The SMILES string of the molecule is Cc1cccn(Cc2cc(F)cc(C=CC(=O)O)c2)c1=O. The molecule has 0 aliphatic heterocycles. The highest BCUT2D eigenvalue weighted by atomic mass is 19.1. The van der Waals surface area contributed by atoms with E-state index >= 15 is 0 Å². The number of aromatic nitrogens is 1. The first kappa shape index (κ1) is 14.7. The maximum absolute atomic E-state index is 13.6. The van der Waals surface area contributed by atoms with Crippen LogP contribution in [0.3, 0.4) is 0 Å². The van der Waals surface area contributed by atoms with Gasteiger partial charge in [-0.25, -0.2) is 9.18 Å². The molecule has 0 spiro atoms. The summed E-state index contributed by atoms with van der Waals surface area (Å²) in [5.41, 5.74) is 1.50. The van der Waals surface area contributed by atoms with Crippen LogP contribution in [-0.2, 0) is 11.3 Å². The predicted molar refractivity (Wildman–Crippen MR) is 77.6 cm³/mol. The molecule has 2 rings (SSSR count). The van der Waals surface area contributed by atoms with Crippen molar-refractivity contribution in [2.45, 2.75) is 13.5 Å². The van der Waals surface area contributed by atoms with E-state index in [1.165, 1.54) is 22.8 Å². The molecule has 0 aliphatic rings. The van der Waals surface area contributed by atoms with E-state index in [2.05, 4.69) is 0 Å². The average Bonchev–Trinajstić information content (AvgIpc) is 2.41. The number of aryl methyl sites for hydroxylation is 1. The van der Waals surface area contributed by atoms with Crippen molar-refractivity contribution >= 4 is 12.0 Å². The first-order valence-electron chi connectivity index (χ1n) is 6.32. The predicted octanol–water partition coefficient (Wildman–Crippen LogP) is 2.44. The molecular formula is C16H14FNO3. The number of benzene rings is 1. The Balaban J connectivity index is 2.34. The molecule has 5 heteroatoms. The van der Waals surface area contributed by atoms with Crippen LogP contribution in [0.25, 0.3) is 6.08 Å². The minimum absolute atomic E-state index is 0.135. The van der Waals surface area contributed by atoms with E-state index in [0.29, 0.717) is 16.7 Å². The maximum Gasteiger partial charge on any atom is 0.328 e. The molecule has 0 saturated carbocycles. The number of aliphatic carboxylic acids is 1. The summed E-state index contributed by atoms with van der Waals surface area (Å²) in [6.07, 6.45) is 3.89. The Bertz CT molecular complexity index is 762. The Morgan fingerprint density at radius 3 is 2.86 bits per heavy atom. The van der Waals surface area contributed by atoms with E-state index in [-0.39, 0.29) is 12.1 Å². The Morgan fingerprint density at radius 1 is 1.38 bits per heavy atom. The van der Waals surface area contributed by atoms with Crippen LogP contribution in [0.4, 0.5) is 4.39 Å². The van der Waals surface area contributed by atoms with Gasteiger partial charge in [0, 0.05) is 17.8 Å². The molecule has 0 aliphatic carbocycles. The molecule has 1 heterocycles. The third-order valence-corrected chi connectivity index (χ3v) is 2.96. The summed E-state index contributed by atoms with van der Waals surface area (Å²) in [6, 6.07) is 7.68. The van der Waals surface area contributed by atoms with Crippen molar-refractivity contribution in [2.75, 3.05) is 0 Å². The van der Waals surface area contributed by atoms with Crippen molar-refractivity contribution in [1.29, 1.82) is 0 Å². The lowest BCUT2D eigenvalue weighted by molar-refractivity contribution is -0.131. The number of nitrogens with zero attached hydrogens (tertiary/aromatic N) is 1. The van der Waals surface area contributed by atoms with Gasteiger partial charge in [-0.3, -0.25) is 4.79 Å². The molecule has 4 nitrogen and oxygen atoms in total. The van der Waals surface area contributed by atoms with Crippen LogP contribution in [-0.4, -0.2) is 15.6 Å². The number of hydrogen-bond acceptors (Lipinski definition) is 2. The number of carbonyl (C=O) groups is 1. The lowest BCUT2D eigenvalue weighted by Gasteiger charge is -2.08. The van der Waals surface area contributed by atoms with Crippen molar-refractivity contribution in [3.63, 3.8) is 0 Å². The Morgan fingerprint density at radius 2 is 2.14 bits per heavy atom. The van der Waals surface area contributed by atoms with Gasteiger partial charge < -0.3 is 9.67 Å². The van der Waals surface area contributed by atoms with Crippen LogP contribution < -0.4 is 5.56 Å². The van der Waals surface area contributed by atoms with E-state index in [1.54, 1.807) is 31.3 Å². The summed E-state index contributed by atoms with van der Waals surface area (Å²) in [5.74, 6) is -1.58. The average molecular weight is 287 g/mol. The van der Waals surface area contributed by atoms with Crippen LogP contribution >= 0.6 is 0 Å². The van der Waals surface area contributed by atoms with Crippen molar-refractivity contribution in [3.05, 3.63) is 75.5 Å². The third kappa shape index (κ3) is 3.89. The van der Waals surface area contributed by atoms with Gasteiger partial charge in [-0.1, -0.05) is 6.07 Å². The number of rotatable bonds is 4. The van der Waals surface area contributed by atoms with Crippen molar-refractivity contribution in [3.8, 4) is 0 Å². The van der Waals surface area contributed by atoms with Crippen molar-refractivity contribution in [2.24, 2.45) is 0 Å². The van der Waals surface area contributed by atoms with Gasteiger partial charge in [0.25, 0.3) is 5.56 Å². The fourth-order valence-corrected chi connectivity index (χ4v) is 2.01. The molecule has 1 N–H and O–H groups in total. The topological polar surface area (TPSA) is 59.3 Å². The first-order valence-corrected chi connectivity index (χ1v) is 6.32. The van der Waals surface area contributed by atoms with Crippen LogP contribution in [0.15, 0.2) is 47.4 Å². The maximum atomic E-state index is 13.6. The second-order valence-electron chi connectivity index (χ2n) is 4.69. The quantitative estimate of drug-likeness (QED) is 0.879. The zero-order chi connectivity index (χ0) is 15.4. The molecule has 0 bridgehead atoms. The lowest BCUT2D eigenvalue weighted by Crippen LogP contribution is -2.21. The summed E-state index contributed by atoms with van der Waals surface area (Å²) in [4.78, 5) is 22.4. The van der Waals surface area contributed by atoms with E-state index in [0.717, 1.165) is 6.08 Å². The largest absolute Gasteiger partial charge is 0.478 e. The highest BCUT2D eigenvalue weighted by molar-refractivity contribution is 5.85. The van der Waals surface area contributed by atoms with Crippen LogP contribution in [0.1, 0.15) is 16.7 Å². The molecule has 0 fully saturated rings. The normalized spacial score (nSPS) is 11.0. The summed E-state index contributed by atoms with van der Waals surface area (Å²) in [7, 11) is 0. The molecule has 0 saturated heterocycles. The molecule has 1 aromatic heterocycles. The van der Waals surface area contributed by atoms with Gasteiger partial charge in [0.2, 0.25) is 0 Å². The molecule has 0 amide bonds. The second-order valence-corrected chi connectivity index (χ2v) is 4.69. The fourth-order valence-electron chi connectivity index (χ4n) is 2.01. The van der Waals surface area contributed by atoms with Gasteiger partial charge in [-0.15, -0.1) is 0 Å². The van der Waals surface area contributed by atoms with E-state index in [4.69, 9.17) is 5.11 Å². The molecule has 0 unspecified atom stereocenters. The monoisotopic (exact) mass is 287 g/mol. The Hall–Kier alpha value is -2.69. The van der Waals surface area contributed by atoms with E-state index < -0.39 is 11.8 Å². The standard InChI is InChI=1S/C16H14FNO3/c1-11-3-2-6-18(16(11)21)10-13-7-12(4-5-15(19)20)8-14(17)9-13/h2-9H,10H2,1H3,(H,19,20). The number of carboxylic acid groups (broad SMARTS) is 1. The van der Waals surface area contributed by atoms with Crippen molar-refractivity contribution in [1.82, 2.24) is 4.57 Å². The minimum Gasteiger partial charge on any atom is -0.478 e. The van der Waals surface area contributed by atoms with Gasteiger partial charge in [0.05, 0.1) is 6.54 Å². The van der Waals surface area contributed by atoms with E-state index in [1.807, 2.05) is 0 Å². The zero-order valence-electron chi connectivity index (χ0n) is 11.4. The first-order chi connectivity index (χ1) is 9.95. The third-order valence-electron chi connectivity index (χ3n) is 2.96. The molecule has 2 aromatic rings. The fraction of sp³-hybridized carbons (Fsp3) is 0.125. The number of hydrogen-bond donors (Lipinski definition) is 1. The highest BCUT2D eigenvalue weighted by Gasteiger charge is 2.03. The number of halogens is 1. The van der Waals surface area contributed by atoms with E-state index in [9.17, 15) is 14.0 Å². The summed E-state index contributed by atoms with van der Waals surface area (Å²) in [6.45, 7) is 1.94. The Kier molecular flexibility index (Phi) is 4.33. The number of carboxylic acids is 1. The van der Waals surface area contributed by atoms with Gasteiger partial charge in [0.15, 0.2) is 0 Å². The molecule has 0 radical (unpaired) electrons. The molecule has 108 valence electrons. The summed E-state index contributed by atoms with van der Waals surface area (Å²) >= 11 is 0. The minimum atomic E-state index is -1.10. The molecule has 21 heavy (non-hydrogen) atoms.